The highest BCUT2D eigenvalue weighted by Crippen LogP contribution is 2.39. The Bertz CT molecular complexity index is 1110. The largest absolute Gasteiger partial charge is 0.497 e. The minimum Gasteiger partial charge on any atom is -0.497 e. The van der Waals surface area contributed by atoms with Crippen LogP contribution in [0.4, 0.5) is 4.79 Å². The third kappa shape index (κ3) is 6.30. The zero-order valence-corrected chi connectivity index (χ0v) is 18.8. The monoisotopic (exact) mass is 471 g/mol. The lowest BCUT2D eigenvalue weighted by Gasteiger charge is -2.16. The highest BCUT2D eigenvalue weighted by Gasteiger charge is 2.22. The van der Waals surface area contributed by atoms with E-state index in [1.54, 1.807) is 26.4 Å². The highest BCUT2D eigenvalue weighted by atomic mass is 35.5. The molecule has 3 aromatic rings. The van der Waals surface area contributed by atoms with E-state index in [1.165, 1.54) is 12.1 Å². The van der Waals surface area contributed by atoms with Gasteiger partial charge in [0.05, 0.1) is 19.8 Å². The predicted octanol–water partition coefficient (Wildman–Crippen LogP) is 4.75. The number of rotatable bonds is 9. The molecule has 0 atom stereocenters. The number of carbonyl (C=O) groups is 2. The average molecular weight is 472 g/mol. The smallest absolute Gasteiger partial charge is 0.412 e. The molecular weight excluding hydrogens is 450 g/mol. The first-order valence-corrected chi connectivity index (χ1v) is 10.1. The predicted molar refractivity (Wildman–Crippen MR) is 121 cm³/mol. The topological polar surface area (TPSA) is 106 Å². The molecule has 172 valence electrons. The van der Waals surface area contributed by atoms with Crippen molar-refractivity contribution in [3.05, 3.63) is 82.4 Å². The Hall–Kier alpha value is -3.91. The summed E-state index contributed by atoms with van der Waals surface area (Å²) in [7, 11) is 3.17. The third-order valence-corrected chi connectivity index (χ3v) is 4.95. The fourth-order valence-corrected chi connectivity index (χ4v) is 3.14. The van der Waals surface area contributed by atoms with Crippen LogP contribution in [0.1, 0.15) is 21.5 Å². The van der Waals surface area contributed by atoms with Crippen molar-refractivity contribution in [3.8, 4) is 23.0 Å². The first-order chi connectivity index (χ1) is 15.9. The Morgan fingerprint density at radius 1 is 0.788 bits per heavy atom. The molecule has 0 aliphatic carbocycles. The van der Waals surface area contributed by atoms with Crippen molar-refractivity contribution in [1.82, 2.24) is 0 Å². The summed E-state index contributed by atoms with van der Waals surface area (Å²) in [4.78, 5) is 23.2. The second kappa shape index (κ2) is 11.1. The number of nitrogens with two attached hydrogens (primary N) is 1. The molecule has 0 spiro atoms. The Labute approximate surface area is 195 Å². The number of carbonyl (C=O) groups excluding carboxylic acids is 2. The lowest BCUT2D eigenvalue weighted by Crippen LogP contribution is -2.19. The van der Waals surface area contributed by atoms with E-state index in [9.17, 15) is 9.59 Å². The van der Waals surface area contributed by atoms with Gasteiger partial charge in [0.15, 0.2) is 11.5 Å². The molecule has 9 heteroatoms. The molecule has 0 aliphatic heterocycles. The van der Waals surface area contributed by atoms with Gasteiger partial charge < -0.3 is 29.4 Å². The summed E-state index contributed by atoms with van der Waals surface area (Å²) in [6.45, 7) is 0.348. The van der Waals surface area contributed by atoms with Gasteiger partial charge in [-0.15, -0.1) is 0 Å². The molecule has 8 nitrogen and oxygen atoms in total. The van der Waals surface area contributed by atoms with Crippen molar-refractivity contribution in [2.45, 2.75) is 13.2 Å². The Morgan fingerprint density at radius 3 is 1.79 bits per heavy atom. The van der Waals surface area contributed by atoms with Crippen LogP contribution in [0.3, 0.4) is 0 Å². The van der Waals surface area contributed by atoms with Crippen molar-refractivity contribution in [1.29, 1.82) is 0 Å². The molecule has 0 aliphatic rings. The van der Waals surface area contributed by atoms with Crippen molar-refractivity contribution >= 4 is 23.7 Å². The first kappa shape index (κ1) is 23.7. The lowest BCUT2D eigenvalue weighted by molar-refractivity contribution is 0.0638. The minimum atomic E-state index is -1.24. The molecule has 0 unspecified atom stereocenters. The average Bonchev–Trinajstić information content (AvgIpc) is 2.82. The second-order valence-corrected chi connectivity index (χ2v) is 7.11. The van der Waals surface area contributed by atoms with Crippen molar-refractivity contribution in [2.75, 3.05) is 14.2 Å². The summed E-state index contributed by atoms with van der Waals surface area (Å²) >= 11 is 6.43. The maximum absolute atomic E-state index is 12.2. The van der Waals surface area contributed by atoms with Gasteiger partial charge >= 0.3 is 12.1 Å². The fraction of sp³-hybridized carbons (Fsp3) is 0.167. The van der Waals surface area contributed by atoms with Gasteiger partial charge in [-0.25, -0.2) is 9.59 Å². The summed E-state index contributed by atoms with van der Waals surface area (Å²) < 4.78 is 26.6. The van der Waals surface area contributed by atoms with Gasteiger partial charge in [0, 0.05) is 0 Å². The molecule has 0 fully saturated rings. The van der Waals surface area contributed by atoms with Gasteiger partial charge in [-0.05, 0) is 47.5 Å². The first-order valence-electron chi connectivity index (χ1n) is 9.77. The van der Waals surface area contributed by atoms with E-state index in [0.717, 1.165) is 16.9 Å². The molecule has 3 aromatic carbocycles. The van der Waals surface area contributed by atoms with Gasteiger partial charge in [-0.3, -0.25) is 0 Å². The van der Waals surface area contributed by atoms with Gasteiger partial charge in [0.2, 0.25) is 0 Å². The second-order valence-electron chi connectivity index (χ2n) is 6.74. The number of ether oxygens (including phenoxy) is 5. The molecule has 0 saturated carbocycles. The number of hydrogen-bond donors (Lipinski definition) is 1. The van der Waals surface area contributed by atoms with E-state index in [0.29, 0.717) is 11.5 Å². The number of esters is 1. The number of halogens is 1. The molecule has 0 bridgehead atoms. The standard InChI is InChI=1S/C24H22ClNO7/c1-29-17-7-3-15(4-8-17)13-31-20-12-11-19(23(27)33-24(26)28)21(25)22(20)32-14-16-5-9-18(30-2)10-6-16/h3-12H,13-14H2,1-2H3,(H2,26,28). The quantitative estimate of drug-likeness (QED) is 0.354. The van der Waals surface area contributed by atoms with Crippen LogP contribution in [0.15, 0.2) is 60.7 Å². The normalized spacial score (nSPS) is 10.3. The van der Waals surface area contributed by atoms with Gasteiger partial charge in [0.25, 0.3) is 0 Å². The van der Waals surface area contributed by atoms with Crippen molar-refractivity contribution in [3.63, 3.8) is 0 Å². The van der Waals surface area contributed by atoms with Crippen LogP contribution < -0.4 is 24.7 Å². The molecule has 0 heterocycles. The van der Waals surface area contributed by atoms with Crippen LogP contribution in [0.25, 0.3) is 0 Å². The van der Waals surface area contributed by atoms with Gasteiger partial charge in [-0.1, -0.05) is 35.9 Å². The molecule has 2 N–H and O–H groups in total. The Morgan fingerprint density at radius 2 is 1.30 bits per heavy atom. The van der Waals surface area contributed by atoms with Crippen LogP contribution in [-0.2, 0) is 18.0 Å². The van der Waals surface area contributed by atoms with Crippen molar-refractivity contribution in [2.24, 2.45) is 5.73 Å². The van der Waals surface area contributed by atoms with E-state index in [2.05, 4.69) is 4.74 Å². The molecule has 0 saturated heterocycles. The summed E-state index contributed by atoms with van der Waals surface area (Å²) in [5, 5.41) is -0.0676. The number of hydrogen-bond acceptors (Lipinski definition) is 7. The summed E-state index contributed by atoms with van der Waals surface area (Å²) in [5.41, 5.74) is 6.56. The van der Waals surface area contributed by atoms with Crippen LogP contribution >= 0.6 is 11.6 Å². The molecule has 3 rings (SSSR count). The van der Waals surface area contributed by atoms with Crippen LogP contribution in [0.2, 0.25) is 5.02 Å². The number of primary amides is 1. The summed E-state index contributed by atoms with van der Waals surface area (Å²) in [6.07, 6.45) is -1.24. The zero-order valence-electron chi connectivity index (χ0n) is 18.0. The van der Waals surface area contributed by atoms with Gasteiger partial charge in [0.1, 0.15) is 29.7 Å². The minimum absolute atomic E-state index is 0.0676. The molecule has 1 amide bonds. The number of benzene rings is 3. The maximum atomic E-state index is 12.2. The van der Waals surface area contributed by atoms with Gasteiger partial charge in [-0.2, -0.15) is 0 Å². The number of amides is 1. The van der Waals surface area contributed by atoms with E-state index in [4.69, 9.17) is 36.3 Å². The fourth-order valence-electron chi connectivity index (χ4n) is 2.85. The molecule has 33 heavy (non-hydrogen) atoms. The summed E-state index contributed by atoms with van der Waals surface area (Å²) in [6, 6.07) is 17.5. The SMILES string of the molecule is COc1ccc(COc2ccc(C(=O)OC(N)=O)c(Cl)c2OCc2ccc(OC)cc2)cc1. The van der Waals surface area contributed by atoms with E-state index in [1.807, 2.05) is 36.4 Å². The van der Waals surface area contributed by atoms with Crippen LogP contribution in [0.5, 0.6) is 23.0 Å². The summed E-state index contributed by atoms with van der Waals surface area (Å²) in [5.74, 6) is 0.863. The molecule has 0 aromatic heterocycles. The van der Waals surface area contributed by atoms with Crippen molar-refractivity contribution < 1.29 is 33.3 Å². The van der Waals surface area contributed by atoms with E-state index >= 15 is 0 Å². The zero-order chi connectivity index (χ0) is 23.8. The lowest BCUT2D eigenvalue weighted by atomic mass is 10.2. The third-order valence-electron chi connectivity index (χ3n) is 4.57. The van der Waals surface area contributed by atoms with Crippen LogP contribution in [-0.4, -0.2) is 26.3 Å². The van der Waals surface area contributed by atoms with Crippen LogP contribution in [0, 0.1) is 0 Å². The van der Waals surface area contributed by atoms with E-state index < -0.39 is 12.1 Å². The molecule has 0 radical (unpaired) electrons. The molecular formula is C24H22ClNO7. The Kier molecular flexibility index (Phi) is 7.99. The highest BCUT2D eigenvalue weighted by molar-refractivity contribution is 6.35. The Balaban J connectivity index is 1.85. The maximum Gasteiger partial charge on any atom is 0.412 e. The number of methoxy groups -OCH3 is 2. The van der Waals surface area contributed by atoms with E-state index in [-0.39, 0.29) is 29.5 Å².